The number of thioether (sulfide) groups is 1. The summed E-state index contributed by atoms with van der Waals surface area (Å²) in [5.74, 6) is -0.817. The summed E-state index contributed by atoms with van der Waals surface area (Å²) < 4.78 is 13.0. The Labute approximate surface area is 150 Å². The van der Waals surface area contributed by atoms with Gasteiger partial charge in [-0.25, -0.2) is 4.39 Å². The third-order valence-corrected chi connectivity index (χ3v) is 4.97. The number of hydrogen-bond acceptors (Lipinski definition) is 3. The lowest BCUT2D eigenvalue weighted by molar-refractivity contribution is -0.119. The highest BCUT2D eigenvalue weighted by molar-refractivity contribution is 7.98. The molecule has 1 fully saturated rings. The maximum Gasteiger partial charge on any atom is 0.254 e. The highest BCUT2D eigenvalue weighted by Crippen LogP contribution is 2.23. The van der Waals surface area contributed by atoms with E-state index in [1.807, 2.05) is 30.5 Å². The molecule has 0 aliphatic carbocycles. The van der Waals surface area contributed by atoms with Gasteiger partial charge in [-0.05, 0) is 61.6 Å². The first-order valence-electron chi connectivity index (χ1n) is 8.10. The fraction of sp³-hybridized carbons (Fsp3) is 0.263. The average molecular weight is 358 g/mol. The van der Waals surface area contributed by atoms with E-state index in [9.17, 15) is 14.0 Å². The summed E-state index contributed by atoms with van der Waals surface area (Å²) in [4.78, 5) is 27.9. The third-order valence-electron chi connectivity index (χ3n) is 4.24. The molecule has 2 aromatic carbocycles. The summed E-state index contributed by atoms with van der Waals surface area (Å²) in [6, 6.07) is 12.5. The van der Waals surface area contributed by atoms with Crippen molar-refractivity contribution in [2.75, 3.05) is 18.1 Å². The van der Waals surface area contributed by atoms with Crippen molar-refractivity contribution in [3.63, 3.8) is 0 Å². The first-order valence-corrected chi connectivity index (χ1v) is 9.32. The van der Waals surface area contributed by atoms with Crippen molar-refractivity contribution in [3.05, 3.63) is 59.9 Å². The average Bonchev–Trinajstić information content (AvgIpc) is 3.12. The molecular weight excluding hydrogens is 339 g/mol. The molecule has 1 N–H and O–H groups in total. The molecule has 6 heteroatoms. The lowest BCUT2D eigenvalue weighted by Crippen LogP contribution is -2.43. The minimum atomic E-state index is -0.504. The molecule has 1 aliphatic rings. The molecule has 0 saturated carbocycles. The minimum Gasteiger partial charge on any atom is -0.327 e. The molecule has 0 bridgehead atoms. The van der Waals surface area contributed by atoms with Crippen LogP contribution in [0.4, 0.5) is 10.1 Å². The summed E-state index contributed by atoms with van der Waals surface area (Å²) in [6.07, 6.45) is 3.37. The van der Waals surface area contributed by atoms with Gasteiger partial charge in [0.2, 0.25) is 5.91 Å². The number of hydrogen-bond donors (Lipinski definition) is 1. The molecule has 25 heavy (non-hydrogen) atoms. The number of benzene rings is 2. The fourth-order valence-electron chi connectivity index (χ4n) is 2.97. The van der Waals surface area contributed by atoms with E-state index in [1.54, 1.807) is 16.7 Å². The van der Waals surface area contributed by atoms with E-state index in [-0.39, 0.29) is 17.6 Å². The summed E-state index contributed by atoms with van der Waals surface area (Å²) in [7, 11) is 0. The van der Waals surface area contributed by atoms with Gasteiger partial charge in [0.1, 0.15) is 11.9 Å². The first-order chi connectivity index (χ1) is 12.1. The maximum absolute atomic E-state index is 13.0. The number of nitrogens with one attached hydrogen (secondary N) is 1. The number of halogens is 1. The van der Waals surface area contributed by atoms with Crippen molar-refractivity contribution in [1.29, 1.82) is 0 Å². The minimum absolute atomic E-state index is 0.189. The van der Waals surface area contributed by atoms with E-state index in [0.29, 0.717) is 18.5 Å². The Balaban J connectivity index is 1.73. The van der Waals surface area contributed by atoms with Gasteiger partial charge in [-0.2, -0.15) is 0 Å². The number of amides is 2. The highest BCUT2D eigenvalue weighted by Gasteiger charge is 2.34. The van der Waals surface area contributed by atoms with E-state index in [0.717, 1.165) is 17.0 Å². The summed E-state index contributed by atoms with van der Waals surface area (Å²) in [5.41, 5.74) is 1.11. The molecule has 4 nitrogen and oxygen atoms in total. The van der Waals surface area contributed by atoms with E-state index in [2.05, 4.69) is 5.32 Å². The van der Waals surface area contributed by atoms with Gasteiger partial charge in [0, 0.05) is 22.7 Å². The van der Waals surface area contributed by atoms with E-state index < -0.39 is 6.04 Å². The van der Waals surface area contributed by atoms with Crippen molar-refractivity contribution < 1.29 is 14.0 Å². The van der Waals surface area contributed by atoms with Crippen molar-refractivity contribution >= 4 is 29.3 Å². The van der Waals surface area contributed by atoms with Crippen LogP contribution in [0.15, 0.2) is 53.4 Å². The molecule has 1 heterocycles. The Hall–Kier alpha value is -2.34. The van der Waals surface area contributed by atoms with Gasteiger partial charge in [-0.3, -0.25) is 9.59 Å². The monoisotopic (exact) mass is 358 g/mol. The molecule has 2 amide bonds. The van der Waals surface area contributed by atoms with Crippen LogP contribution >= 0.6 is 11.8 Å². The molecule has 1 unspecified atom stereocenters. The Morgan fingerprint density at radius 3 is 2.68 bits per heavy atom. The number of carbonyl (C=O) groups is 2. The molecular formula is C19H19FN2O2S. The fourth-order valence-corrected chi connectivity index (χ4v) is 3.43. The molecule has 0 radical (unpaired) electrons. The zero-order chi connectivity index (χ0) is 17.8. The van der Waals surface area contributed by atoms with E-state index in [1.165, 1.54) is 24.3 Å². The quantitative estimate of drug-likeness (QED) is 0.846. The maximum atomic E-state index is 13.0. The number of carbonyl (C=O) groups excluding carboxylic acids is 2. The standard InChI is InChI=1S/C19H19FN2O2S/c1-25-16-5-2-4-15(12-16)21-18(23)17-6-3-11-22(17)19(24)13-7-9-14(20)10-8-13/h2,4-5,7-10,12,17H,3,6,11H2,1H3,(H,21,23). The molecule has 0 aromatic heterocycles. The highest BCUT2D eigenvalue weighted by atomic mass is 32.2. The third kappa shape index (κ3) is 4.02. The zero-order valence-electron chi connectivity index (χ0n) is 13.9. The van der Waals surface area contributed by atoms with Crippen LogP contribution in [0.2, 0.25) is 0 Å². The largest absolute Gasteiger partial charge is 0.327 e. The first kappa shape index (κ1) is 17.5. The van der Waals surface area contributed by atoms with Gasteiger partial charge in [-0.1, -0.05) is 6.07 Å². The normalized spacial score (nSPS) is 16.7. The predicted molar refractivity (Wildman–Crippen MR) is 97.3 cm³/mol. The van der Waals surface area contributed by atoms with Gasteiger partial charge >= 0.3 is 0 Å². The lowest BCUT2D eigenvalue weighted by Gasteiger charge is -2.24. The molecule has 130 valence electrons. The molecule has 2 aromatic rings. The van der Waals surface area contributed by atoms with Crippen LogP contribution in [0.25, 0.3) is 0 Å². The topological polar surface area (TPSA) is 49.4 Å². The van der Waals surface area contributed by atoms with Crippen LogP contribution in [0.3, 0.4) is 0 Å². The number of anilines is 1. The second-order valence-corrected chi connectivity index (χ2v) is 6.76. The van der Waals surface area contributed by atoms with Gasteiger partial charge in [0.25, 0.3) is 5.91 Å². The molecule has 1 aliphatic heterocycles. The van der Waals surface area contributed by atoms with Crippen LogP contribution in [0.5, 0.6) is 0 Å². The molecule has 0 spiro atoms. The number of nitrogens with zero attached hydrogens (tertiary/aromatic N) is 1. The lowest BCUT2D eigenvalue weighted by atomic mass is 10.1. The second kappa shape index (κ2) is 7.70. The van der Waals surface area contributed by atoms with Crippen LogP contribution in [0, 0.1) is 5.82 Å². The van der Waals surface area contributed by atoms with Crippen LogP contribution < -0.4 is 5.32 Å². The SMILES string of the molecule is CSc1cccc(NC(=O)C2CCCN2C(=O)c2ccc(F)cc2)c1. The Morgan fingerprint density at radius 2 is 1.96 bits per heavy atom. The predicted octanol–water partition coefficient (Wildman–Crippen LogP) is 3.79. The molecule has 1 saturated heterocycles. The zero-order valence-corrected chi connectivity index (χ0v) is 14.7. The van der Waals surface area contributed by atoms with Gasteiger partial charge in [0.05, 0.1) is 0 Å². The van der Waals surface area contributed by atoms with Crippen molar-refractivity contribution in [1.82, 2.24) is 4.90 Å². The van der Waals surface area contributed by atoms with Crippen molar-refractivity contribution in [3.8, 4) is 0 Å². The van der Waals surface area contributed by atoms with Gasteiger partial charge in [-0.15, -0.1) is 11.8 Å². The number of rotatable bonds is 4. The van der Waals surface area contributed by atoms with Crippen LogP contribution in [-0.4, -0.2) is 35.6 Å². The smallest absolute Gasteiger partial charge is 0.254 e. The number of likely N-dealkylation sites (tertiary alicyclic amines) is 1. The summed E-state index contributed by atoms with van der Waals surface area (Å²) in [6.45, 7) is 0.527. The molecule has 3 rings (SSSR count). The Kier molecular flexibility index (Phi) is 5.38. The molecule has 1 atom stereocenters. The van der Waals surface area contributed by atoms with E-state index in [4.69, 9.17) is 0 Å². The second-order valence-electron chi connectivity index (χ2n) is 5.88. The van der Waals surface area contributed by atoms with Crippen molar-refractivity contribution in [2.24, 2.45) is 0 Å². The summed E-state index contributed by atoms with van der Waals surface area (Å²) in [5, 5.41) is 2.90. The van der Waals surface area contributed by atoms with E-state index >= 15 is 0 Å². The Bertz CT molecular complexity index is 779. The van der Waals surface area contributed by atoms with Crippen molar-refractivity contribution in [2.45, 2.75) is 23.8 Å². The van der Waals surface area contributed by atoms with Gasteiger partial charge in [0.15, 0.2) is 0 Å². The Morgan fingerprint density at radius 1 is 1.20 bits per heavy atom. The van der Waals surface area contributed by atoms with Crippen LogP contribution in [-0.2, 0) is 4.79 Å². The summed E-state index contributed by atoms with van der Waals surface area (Å²) >= 11 is 1.60. The van der Waals surface area contributed by atoms with Crippen LogP contribution in [0.1, 0.15) is 23.2 Å². The van der Waals surface area contributed by atoms with Gasteiger partial charge < -0.3 is 10.2 Å².